The Morgan fingerprint density at radius 3 is 2.67 bits per heavy atom. The van der Waals surface area contributed by atoms with E-state index in [0.717, 1.165) is 0 Å². The van der Waals surface area contributed by atoms with Crippen LogP contribution in [0.3, 0.4) is 0 Å². The van der Waals surface area contributed by atoms with Crippen LogP contribution in [0.25, 0.3) is 0 Å². The fraction of sp³-hybridized carbons (Fsp3) is 0.538. The second-order valence-corrected chi connectivity index (χ2v) is 4.98. The molecule has 0 spiro atoms. The average molecular weight is 256 g/mol. The number of nitrogens with two attached hydrogens (primary N) is 1. The molecule has 4 N–H and O–H groups in total. The molecule has 0 aliphatic carbocycles. The first-order valence-electron chi connectivity index (χ1n) is 5.96. The smallest absolute Gasteiger partial charge is 0.167 e. The van der Waals surface area contributed by atoms with Crippen molar-refractivity contribution >= 4 is 11.4 Å². The van der Waals surface area contributed by atoms with Gasteiger partial charge in [0.15, 0.2) is 11.6 Å². The van der Waals surface area contributed by atoms with Gasteiger partial charge in [0.1, 0.15) is 0 Å². The third-order valence-corrected chi connectivity index (χ3v) is 2.59. The van der Waals surface area contributed by atoms with Crippen LogP contribution in [0, 0.1) is 11.2 Å². The van der Waals surface area contributed by atoms with Crippen molar-refractivity contribution in [2.75, 3.05) is 30.8 Å². The maximum atomic E-state index is 13.5. The molecule has 0 aromatic heterocycles. The Hall–Kier alpha value is -1.49. The van der Waals surface area contributed by atoms with Crippen molar-refractivity contribution in [1.82, 2.24) is 0 Å². The van der Waals surface area contributed by atoms with Gasteiger partial charge in [-0.3, -0.25) is 0 Å². The lowest BCUT2D eigenvalue weighted by atomic mass is 9.95. The minimum Gasteiger partial charge on any atom is -0.491 e. The highest BCUT2D eigenvalue weighted by atomic mass is 19.1. The molecule has 4 nitrogen and oxygen atoms in total. The summed E-state index contributed by atoms with van der Waals surface area (Å²) in [7, 11) is 0. The number of ether oxygens (including phenoxy) is 1. The number of nitrogen functional groups attached to an aromatic ring is 1. The van der Waals surface area contributed by atoms with Gasteiger partial charge in [-0.15, -0.1) is 0 Å². The lowest BCUT2D eigenvalue weighted by molar-refractivity contribution is 0.171. The maximum absolute atomic E-state index is 13.5. The summed E-state index contributed by atoms with van der Waals surface area (Å²) in [6, 6.07) is 2.78. The molecule has 18 heavy (non-hydrogen) atoms. The molecule has 0 heterocycles. The Morgan fingerprint density at radius 1 is 1.44 bits per heavy atom. The molecule has 0 radical (unpaired) electrons. The zero-order valence-electron chi connectivity index (χ0n) is 11.1. The van der Waals surface area contributed by atoms with Gasteiger partial charge in [0.2, 0.25) is 0 Å². The number of hydrogen-bond acceptors (Lipinski definition) is 4. The van der Waals surface area contributed by atoms with Crippen molar-refractivity contribution in [3.05, 3.63) is 17.9 Å². The molecule has 0 atom stereocenters. The molecule has 0 saturated carbocycles. The van der Waals surface area contributed by atoms with Crippen molar-refractivity contribution in [2.24, 2.45) is 5.41 Å². The van der Waals surface area contributed by atoms with Crippen molar-refractivity contribution in [2.45, 2.75) is 20.8 Å². The highest BCUT2D eigenvalue weighted by molar-refractivity contribution is 5.68. The van der Waals surface area contributed by atoms with E-state index >= 15 is 0 Å². The summed E-state index contributed by atoms with van der Waals surface area (Å²) in [6.07, 6.45) is 0. The van der Waals surface area contributed by atoms with Crippen LogP contribution >= 0.6 is 0 Å². The first-order valence-corrected chi connectivity index (χ1v) is 5.96. The molecule has 0 bridgehead atoms. The van der Waals surface area contributed by atoms with Gasteiger partial charge in [-0.1, -0.05) is 13.8 Å². The topological polar surface area (TPSA) is 67.5 Å². The molecule has 1 aromatic carbocycles. The quantitative estimate of drug-likeness (QED) is 0.683. The van der Waals surface area contributed by atoms with Crippen LogP contribution in [0.2, 0.25) is 0 Å². The normalized spacial score (nSPS) is 11.4. The Balaban J connectivity index is 2.85. The number of aliphatic hydroxyl groups is 1. The van der Waals surface area contributed by atoms with Crippen LogP contribution in [-0.2, 0) is 0 Å². The summed E-state index contributed by atoms with van der Waals surface area (Å²) >= 11 is 0. The third kappa shape index (κ3) is 3.77. The zero-order chi connectivity index (χ0) is 13.8. The fourth-order valence-corrected chi connectivity index (χ4v) is 1.38. The summed E-state index contributed by atoms with van der Waals surface area (Å²) in [5.41, 5.74) is 6.40. The summed E-state index contributed by atoms with van der Waals surface area (Å²) in [5, 5.41) is 12.3. The van der Waals surface area contributed by atoms with E-state index < -0.39 is 5.82 Å². The number of benzene rings is 1. The molecule has 0 aliphatic rings. The van der Waals surface area contributed by atoms with E-state index in [9.17, 15) is 4.39 Å². The number of rotatable bonds is 6. The molecule has 5 heteroatoms. The van der Waals surface area contributed by atoms with Gasteiger partial charge in [0, 0.05) is 30.7 Å². The van der Waals surface area contributed by atoms with E-state index in [4.69, 9.17) is 15.6 Å². The highest BCUT2D eigenvalue weighted by Crippen LogP contribution is 2.29. The van der Waals surface area contributed by atoms with E-state index in [0.29, 0.717) is 24.5 Å². The van der Waals surface area contributed by atoms with Gasteiger partial charge < -0.3 is 20.9 Å². The Labute approximate surface area is 107 Å². The SMILES string of the molecule is CCOc1cc(NCC(C)(C)CO)c(N)cc1F. The molecular weight excluding hydrogens is 235 g/mol. The summed E-state index contributed by atoms with van der Waals surface area (Å²) in [6.45, 7) is 6.61. The Kier molecular flexibility index (Phi) is 4.78. The van der Waals surface area contributed by atoms with Gasteiger partial charge in [0.05, 0.1) is 18.0 Å². The van der Waals surface area contributed by atoms with Crippen LogP contribution < -0.4 is 15.8 Å². The molecule has 0 unspecified atom stereocenters. The highest BCUT2D eigenvalue weighted by Gasteiger charge is 2.17. The predicted molar refractivity (Wildman–Crippen MR) is 71.3 cm³/mol. The monoisotopic (exact) mass is 256 g/mol. The van der Waals surface area contributed by atoms with Crippen molar-refractivity contribution in [3.63, 3.8) is 0 Å². The van der Waals surface area contributed by atoms with Crippen molar-refractivity contribution < 1.29 is 14.2 Å². The summed E-state index contributed by atoms with van der Waals surface area (Å²) < 4.78 is 18.7. The van der Waals surface area contributed by atoms with E-state index in [1.54, 1.807) is 13.0 Å². The lowest BCUT2D eigenvalue weighted by Crippen LogP contribution is -2.27. The first-order chi connectivity index (χ1) is 8.39. The standard InChI is InChI=1S/C13H21FN2O2/c1-4-18-12-6-11(10(15)5-9(12)14)16-7-13(2,3)8-17/h5-6,16-17H,4,7-8,15H2,1-3H3. The minimum absolute atomic E-state index is 0.0550. The number of nitrogens with one attached hydrogen (secondary N) is 1. The molecule has 0 fully saturated rings. The molecule has 1 aromatic rings. The van der Waals surface area contributed by atoms with E-state index in [1.807, 2.05) is 13.8 Å². The van der Waals surface area contributed by atoms with Gasteiger partial charge >= 0.3 is 0 Å². The van der Waals surface area contributed by atoms with Crippen LogP contribution in [-0.4, -0.2) is 24.9 Å². The molecule has 1 rings (SSSR count). The number of anilines is 2. The second kappa shape index (κ2) is 5.91. The van der Waals surface area contributed by atoms with E-state index in [2.05, 4.69) is 5.32 Å². The predicted octanol–water partition coefficient (Wildman–Crippen LogP) is 2.24. The number of aliphatic hydroxyl groups excluding tert-OH is 1. The van der Waals surface area contributed by atoms with Gasteiger partial charge in [0.25, 0.3) is 0 Å². The van der Waals surface area contributed by atoms with E-state index in [1.165, 1.54) is 6.07 Å². The Bertz CT molecular complexity index is 408. The van der Waals surface area contributed by atoms with E-state index in [-0.39, 0.29) is 17.8 Å². The van der Waals surface area contributed by atoms with Gasteiger partial charge in [-0.05, 0) is 6.92 Å². The van der Waals surface area contributed by atoms with Crippen LogP contribution in [0.5, 0.6) is 5.75 Å². The van der Waals surface area contributed by atoms with Crippen LogP contribution in [0.4, 0.5) is 15.8 Å². The zero-order valence-corrected chi connectivity index (χ0v) is 11.1. The number of halogens is 1. The molecular formula is C13H21FN2O2. The molecule has 0 amide bonds. The van der Waals surface area contributed by atoms with Crippen molar-refractivity contribution in [1.29, 1.82) is 0 Å². The van der Waals surface area contributed by atoms with Crippen LogP contribution in [0.1, 0.15) is 20.8 Å². The molecule has 102 valence electrons. The Morgan fingerprint density at radius 2 is 2.11 bits per heavy atom. The van der Waals surface area contributed by atoms with Gasteiger partial charge in [-0.2, -0.15) is 0 Å². The van der Waals surface area contributed by atoms with Crippen molar-refractivity contribution in [3.8, 4) is 5.75 Å². The lowest BCUT2D eigenvalue weighted by Gasteiger charge is -2.23. The maximum Gasteiger partial charge on any atom is 0.167 e. The number of hydrogen-bond donors (Lipinski definition) is 3. The fourth-order valence-electron chi connectivity index (χ4n) is 1.38. The second-order valence-electron chi connectivity index (χ2n) is 4.98. The van der Waals surface area contributed by atoms with Gasteiger partial charge in [-0.25, -0.2) is 4.39 Å². The third-order valence-electron chi connectivity index (χ3n) is 2.59. The minimum atomic E-state index is -0.471. The summed E-state index contributed by atoms with van der Waals surface area (Å²) in [5.74, 6) is -0.294. The van der Waals surface area contributed by atoms with Crippen LogP contribution in [0.15, 0.2) is 12.1 Å². The average Bonchev–Trinajstić information content (AvgIpc) is 2.31. The summed E-state index contributed by atoms with van der Waals surface area (Å²) in [4.78, 5) is 0. The molecule has 0 aliphatic heterocycles. The first kappa shape index (κ1) is 14.6. The molecule has 0 saturated heterocycles. The largest absolute Gasteiger partial charge is 0.491 e.